The smallest absolute Gasteiger partial charge is 0.355 e. The maximum Gasteiger partial charge on any atom is 0.355 e. The molecule has 4 atom stereocenters. The van der Waals surface area contributed by atoms with E-state index in [0.717, 1.165) is 13.8 Å². The zero-order valence-electron chi connectivity index (χ0n) is 29.8. The summed E-state index contributed by atoms with van der Waals surface area (Å²) in [5, 5.41) is 4.20. The van der Waals surface area contributed by atoms with Gasteiger partial charge in [-0.25, -0.2) is 9.59 Å². The van der Waals surface area contributed by atoms with Crippen LogP contribution in [0.4, 0.5) is 4.79 Å². The zero-order chi connectivity index (χ0) is 38.8. The fourth-order valence-electron chi connectivity index (χ4n) is 6.34. The molecule has 0 spiro atoms. The highest BCUT2D eigenvalue weighted by molar-refractivity contribution is 8.05. The van der Waals surface area contributed by atoms with E-state index >= 15 is 0 Å². The van der Waals surface area contributed by atoms with Crippen molar-refractivity contribution in [2.75, 3.05) is 25.9 Å². The van der Waals surface area contributed by atoms with Gasteiger partial charge in [0.05, 0.1) is 4.75 Å². The molecule has 3 aliphatic heterocycles. The molecule has 0 aromatic heterocycles. The van der Waals surface area contributed by atoms with Crippen molar-refractivity contribution in [1.29, 1.82) is 0 Å². The molecule has 6 amide bonds. The number of urea groups is 1. The zero-order valence-corrected chi connectivity index (χ0v) is 31.5. The van der Waals surface area contributed by atoms with Crippen LogP contribution in [0.5, 0.6) is 11.5 Å². The summed E-state index contributed by atoms with van der Waals surface area (Å²) in [6.45, 7) is 7.20. The number of benzene rings is 2. The van der Waals surface area contributed by atoms with Crippen LogP contribution in [0, 0.1) is 0 Å². The number of piperazine rings is 1. The maximum atomic E-state index is 14.7. The van der Waals surface area contributed by atoms with Gasteiger partial charge in [0, 0.05) is 33.5 Å². The second-order valence-corrected chi connectivity index (χ2v) is 15.5. The van der Waals surface area contributed by atoms with Gasteiger partial charge in [-0.3, -0.25) is 38.6 Å². The standard InChI is InChI=1S/C35H39N5O11S2/c1-7-38-15-16-39(30(46)29(38)45)33(48)36-25(22-13-14-23(50-19(2)41)24(17-22)51-20(3)42)27(43)37-35(32(47)49-18-21-11-9-8-10-12-21)34(4,5)53-31-26(52-6)28(44)40(31)35/h8-14,17,25-26,31H,7,15-16,18H2,1-6H3,(H,36,48)(H,37,43)/t25?,26-,31-,35+/m1/s1. The topological polar surface area (TPSA) is 198 Å². The molecule has 2 aromatic carbocycles. The number of carbonyl (C=O) groups is 8. The molecular formula is C35H39N5O11S2. The van der Waals surface area contributed by atoms with Gasteiger partial charge in [-0.15, -0.1) is 23.5 Å². The van der Waals surface area contributed by atoms with Crippen molar-refractivity contribution in [2.24, 2.45) is 0 Å². The van der Waals surface area contributed by atoms with Gasteiger partial charge in [-0.05, 0) is 50.3 Å². The van der Waals surface area contributed by atoms with Crippen molar-refractivity contribution in [3.8, 4) is 11.5 Å². The lowest BCUT2D eigenvalue weighted by atomic mass is 9.89. The molecule has 2 N–H and O–H groups in total. The van der Waals surface area contributed by atoms with Crippen LogP contribution in [0.15, 0.2) is 48.5 Å². The summed E-state index contributed by atoms with van der Waals surface area (Å²) < 4.78 is 15.0. The Morgan fingerprint density at radius 2 is 1.60 bits per heavy atom. The summed E-state index contributed by atoms with van der Waals surface area (Å²) >= 11 is 2.60. The molecule has 53 heavy (non-hydrogen) atoms. The number of carbonyl (C=O) groups excluding carboxylic acids is 8. The minimum absolute atomic E-state index is 0.0429. The van der Waals surface area contributed by atoms with Crippen molar-refractivity contribution >= 4 is 71.1 Å². The quantitative estimate of drug-likeness (QED) is 0.146. The molecule has 0 aliphatic carbocycles. The molecule has 3 heterocycles. The Kier molecular flexibility index (Phi) is 11.4. The molecule has 0 bridgehead atoms. The van der Waals surface area contributed by atoms with Crippen molar-refractivity contribution in [3.05, 3.63) is 59.7 Å². The number of esters is 3. The van der Waals surface area contributed by atoms with Gasteiger partial charge in [0.2, 0.25) is 17.5 Å². The van der Waals surface area contributed by atoms with Gasteiger partial charge in [0.1, 0.15) is 23.3 Å². The van der Waals surface area contributed by atoms with E-state index in [4.69, 9.17) is 14.2 Å². The SMILES string of the molecule is CCN1CCN(C(=O)NC(C(=O)N[C@@]2(C(=O)OCc3ccccc3)N3C(=O)[C@@H](SC)[C@H]3SC2(C)C)c2ccc(OC(C)=O)c(OC(C)=O)c2)C(=O)C1=O. The number of thioether (sulfide) groups is 2. The first-order chi connectivity index (χ1) is 25.1. The van der Waals surface area contributed by atoms with E-state index in [-0.39, 0.29) is 43.3 Å². The van der Waals surface area contributed by atoms with Crippen LogP contribution >= 0.6 is 23.5 Å². The molecular weight excluding hydrogens is 731 g/mol. The monoisotopic (exact) mass is 769 g/mol. The first-order valence-corrected chi connectivity index (χ1v) is 18.7. The van der Waals surface area contributed by atoms with E-state index in [0.29, 0.717) is 10.5 Å². The Morgan fingerprint density at radius 1 is 0.943 bits per heavy atom. The summed E-state index contributed by atoms with van der Waals surface area (Å²) in [5.74, 6) is -6.40. The molecule has 18 heteroatoms. The fraction of sp³-hybridized carbons (Fsp3) is 0.429. The molecule has 16 nitrogen and oxygen atoms in total. The molecule has 2 aromatic rings. The van der Waals surface area contributed by atoms with Crippen LogP contribution in [0.3, 0.4) is 0 Å². The minimum Gasteiger partial charge on any atom is -0.458 e. The average Bonchev–Trinajstić information content (AvgIpc) is 3.31. The van der Waals surface area contributed by atoms with E-state index in [1.807, 2.05) is 0 Å². The lowest BCUT2D eigenvalue weighted by molar-refractivity contribution is -0.178. The van der Waals surface area contributed by atoms with Crippen LogP contribution in [-0.4, -0.2) is 109 Å². The van der Waals surface area contributed by atoms with Crippen molar-refractivity contribution in [3.63, 3.8) is 0 Å². The highest BCUT2D eigenvalue weighted by atomic mass is 32.2. The average molecular weight is 770 g/mol. The number of likely N-dealkylation sites (N-methyl/N-ethyl adjacent to an activating group) is 1. The van der Waals surface area contributed by atoms with Gasteiger partial charge in [0.15, 0.2) is 11.5 Å². The third-order valence-corrected chi connectivity index (χ3v) is 11.7. The van der Waals surface area contributed by atoms with E-state index in [9.17, 15) is 38.4 Å². The Labute approximate surface area is 313 Å². The highest BCUT2D eigenvalue weighted by Crippen LogP contribution is 2.58. The molecule has 282 valence electrons. The molecule has 3 aliphatic rings. The number of imide groups is 1. The lowest BCUT2D eigenvalue weighted by Gasteiger charge is -2.50. The van der Waals surface area contributed by atoms with E-state index in [2.05, 4.69) is 10.6 Å². The van der Waals surface area contributed by atoms with Crippen molar-refractivity contribution in [1.82, 2.24) is 25.3 Å². The van der Waals surface area contributed by atoms with E-state index in [1.54, 1.807) is 57.4 Å². The van der Waals surface area contributed by atoms with E-state index in [1.165, 1.54) is 51.5 Å². The lowest BCUT2D eigenvalue weighted by Crippen LogP contribution is -2.78. The van der Waals surface area contributed by atoms with Crippen LogP contribution in [0.2, 0.25) is 0 Å². The summed E-state index contributed by atoms with van der Waals surface area (Å²) in [7, 11) is 0. The number of nitrogens with zero attached hydrogens (tertiary/aromatic N) is 3. The van der Waals surface area contributed by atoms with Gasteiger partial charge >= 0.3 is 35.8 Å². The minimum atomic E-state index is -2.10. The van der Waals surface area contributed by atoms with Crippen molar-refractivity contribution < 1.29 is 52.6 Å². The summed E-state index contributed by atoms with van der Waals surface area (Å²) in [6.07, 6.45) is 1.76. The highest BCUT2D eigenvalue weighted by Gasteiger charge is 2.74. The van der Waals surface area contributed by atoms with Crippen molar-refractivity contribution in [2.45, 2.75) is 68.3 Å². The molecule has 0 saturated carbocycles. The Hall–Kier alpha value is -5.10. The van der Waals surface area contributed by atoms with Gasteiger partial charge in [0.25, 0.3) is 0 Å². The first-order valence-electron chi connectivity index (χ1n) is 16.5. The summed E-state index contributed by atoms with van der Waals surface area (Å²) in [6, 6.07) is 9.64. The first kappa shape index (κ1) is 39.1. The number of nitrogens with one attached hydrogen (secondary N) is 2. The predicted octanol–water partition coefficient (Wildman–Crippen LogP) is 1.96. The van der Waals surface area contributed by atoms with Crippen LogP contribution in [-0.2, 0) is 44.9 Å². The number of β-lactam (4-membered cyclic amide) rings is 1. The van der Waals surface area contributed by atoms with Crippen LogP contribution < -0.4 is 20.1 Å². The summed E-state index contributed by atoms with van der Waals surface area (Å²) in [5.41, 5.74) is -1.49. The normalized spacial score (nSPS) is 22.3. The van der Waals surface area contributed by atoms with Crippen LogP contribution in [0.1, 0.15) is 51.8 Å². The second-order valence-electron chi connectivity index (χ2n) is 12.8. The Bertz CT molecular complexity index is 1860. The molecule has 1 unspecified atom stereocenters. The van der Waals surface area contributed by atoms with E-state index < -0.39 is 74.6 Å². The molecule has 5 rings (SSSR count). The molecule has 0 radical (unpaired) electrons. The van der Waals surface area contributed by atoms with Crippen LogP contribution in [0.25, 0.3) is 0 Å². The fourth-order valence-corrected chi connectivity index (χ4v) is 9.12. The predicted molar refractivity (Wildman–Crippen MR) is 191 cm³/mol. The third kappa shape index (κ3) is 7.42. The Morgan fingerprint density at radius 3 is 2.23 bits per heavy atom. The Balaban J connectivity index is 1.57. The number of hydrogen-bond donors (Lipinski definition) is 2. The van der Waals surface area contributed by atoms with Gasteiger partial charge in [-0.2, -0.15) is 0 Å². The number of fused-ring (bicyclic) bond motifs is 1. The number of hydrogen-bond acceptors (Lipinski definition) is 13. The van der Waals surface area contributed by atoms with Gasteiger partial charge < -0.3 is 29.7 Å². The number of rotatable bonds is 11. The largest absolute Gasteiger partial charge is 0.458 e. The second kappa shape index (κ2) is 15.5. The summed E-state index contributed by atoms with van der Waals surface area (Å²) in [4.78, 5) is 109. The van der Waals surface area contributed by atoms with Gasteiger partial charge in [-0.1, -0.05) is 36.4 Å². The number of ether oxygens (including phenoxy) is 3. The molecule has 3 fully saturated rings. The molecule has 3 saturated heterocycles. The third-order valence-electron chi connectivity index (χ3n) is 8.98. The number of amides is 6. The maximum absolute atomic E-state index is 14.7.